The number of oxime groups is 1. The van der Waals surface area contributed by atoms with Gasteiger partial charge in [0.15, 0.2) is 6.61 Å². The number of carbonyl (C=O) groups is 2. The summed E-state index contributed by atoms with van der Waals surface area (Å²) in [5.74, 6) is -0.628. The highest BCUT2D eigenvalue weighted by Crippen LogP contribution is 2.25. The zero-order chi connectivity index (χ0) is 24.1. The number of hydrogen-bond donors (Lipinski definition) is 2. The molecule has 2 amide bonds. The lowest BCUT2D eigenvalue weighted by molar-refractivity contribution is -0.120. The molecule has 32 heavy (non-hydrogen) atoms. The van der Waals surface area contributed by atoms with E-state index in [4.69, 9.17) is 4.84 Å². The number of hydrogen-bond acceptors (Lipinski definition) is 6. The Morgan fingerprint density at radius 3 is 2.22 bits per heavy atom. The van der Waals surface area contributed by atoms with Crippen LogP contribution in [-0.2, 0) is 24.4 Å². The van der Waals surface area contributed by atoms with Gasteiger partial charge in [-0.25, -0.2) is 12.7 Å². The highest BCUT2D eigenvalue weighted by Gasteiger charge is 2.20. The van der Waals surface area contributed by atoms with Crippen molar-refractivity contribution in [3.8, 4) is 0 Å². The highest BCUT2D eigenvalue weighted by molar-refractivity contribution is 7.89. The van der Waals surface area contributed by atoms with Crippen LogP contribution in [0.2, 0.25) is 0 Å². The van der Waals surface area contributed by atoms with E-state index in [1.807, 2.05) is 0 Å². The summed E-state index contributed by atoms with van der Waals surface area (Å²) in [4.78, 5) is 28.7. The fraction of sp³-hybridized carbons (Fsp3) is 0.318. The topological polar surface area (TPSA) is 117 Å². The summed E-state index contributed by atoms with van der Waals surface area (Å²) in [5, 5.41) is 9.31. The minimum atomic E-state index is -3.64. The molecule has 10 heteroatoms. The maximum Gasteiger partial charge on any atom is 0.265 e. The quantitative estimate of drug-likeness (QED) is 0.464. The minimum absolute atomic E-state index is 0.0957. The van der Waals surface area contributed by atoms with E-state index in [1.165, 1.54) is 27.1 Å². The van der Waals surface area contributed by atoms with Gasteiger partial charge in [0.2, 0.25) is 15.9 Å². The highest BCUT2D eigenvalue weighted by atomic mass is 32.2. The van der Waals surface area contributed by atoms with Crippen molar-refractivity contribution < 1.29 is 22.8 Å². The summed E-state index contributed by atoms with van der Waals surface area (Å²) in [7, 11) is -0.740. The minimum Gasteiger partial charge on any atom is -0.385 e. The Labute approximate surface area is 188 Å². The van der Waals surface area contributed by atoms with E-state index >= 15 is 0 Å². The van der Waals surface area contributed by atoms with Crippen LogP contribution in [0.25, 0.3) is 0 Å². The number of aryl methyl sites for hydroxylation is 1. The Morgan fingerprint density at radius 2 is 1.66 bits per heavy atom. The van der Waals surface area contributed by atoms with Gasteiger partial charge < -0.3 is 15.5 Å². The SMILES string of the molecule is CC(=O)Nc1ccc(/C(C)=N/OCC(=O)Nc2cc(S(=O)(=O)N(C)C)cc(C)c2C)cc1. The first-order valence-electron chi connectivity index (χ1n) is 9.80. The number of amides is 2. The Balaban J connectivity index is 2.05. The van der Waals surface area contributed by atoms with Crippen molar-refractivity contribution in [2.75, 3.05) is 31.3 Å². The van der Waals surface area contributed by atoms with Crippen molar-refractivity contribution in [1.29, 1.82) is 0 Å². The third-order valence-electron chi connectivity index (χ3n) is 4.71. The third-order valence-corrected chi connectivity index (χ3v) is 6.51. The molecular formula is C22H28N4O5S. The molecule has 0 unspecified atom stereocenters. The largest absolute Gasteiger partial charge is 0.385 e. The summed E-state index contributed by atoms with van der Waals surface area (Å²) in [6.07, 6.45) is 0. The van der Waals surface area contributed by atoms with Gasteiger partial charge in [0.05, 0.1) is 10.6 Å². The second kappa shape index (κ2) is 10.4. The molecule has 2 rings (SSSR count). The van der Waals surface area contributed by atoms with Gasteiger partial charge in [-0.15, -0.1) is 0 Å². The molecule has 172 valence electrons. The van der Waals surface area contributed by atoms with Gasteiger partial charge in [-0.3, -0.25) is 9.59 Å². The summed E-state index contributed by atoms with van der Waals surface area (Å²) < 4.78 is 26.0. The van der Waals surface area contributed by atoms with Crippen LogP contribution in [0.5, 0.6) is 0 Å². The van der Waals surface area contributed by atoms with Gasteiger partial charge in [-0.05, 0) is 61.7 Å². The Bertz CT molecular complexity index is 1140. The van der Waals surface area contributed by atoms with Crippen LogP contribution >= 0.6 is 0 Å². The number of rotatable bonds is 8. The van der Waals surface area contributed by atoms with Crippen LogP contribution in [0.1, 0.15) is 30.5 Å². The van der Waals surface area contributed by atoms with E-state index in [1.54, 1.807) is 51.1 Å². The smallest absolute Gasteiger partial charge is 0.265 e. The van der Waals surface area contributed by atoms with Crippen molar-refractivity contribution in [1.82, 2.24) is 4.31 Å². The molecule has 0 aliphatic heterocycles. The Morgan fingerprint density at radius 1 is 1.03 bits per heavy atom. The summed E-state index contributed by atoms with van der Waals surface area (Å²) in [6, 6.07) is 10.0. The van der Waals surface area contributed by atoms with Crippen LogP contribution in [-0.4, -0.2) is 51.0 Å². The van der Waals surface area contributed by atoms with Crippen molar-refractivity contribution in [3.05, 3.63) is 53.1 Å². The van der Waals surface area contributed by atoms with Gasteiger partial charge in [0.1, 0.15) is 0 Å². The van der Waals surface area contributed by atoms with Crippen molar-refractivity contribution >= 4 is 38.9 Å². The van der Waals surface area contributed by atoms with Crippen LogP contribution in [0, 0.1) is 13.8 Å². The van der Waals surface area contributed by atoms with E-state index < -0.39 is 15.9 Å². The average Bonchev–Trinajstić information content (AvgIpc) is 2.71. The monoisotopic (exact) mass is 460 g/mol. The lowest BCUT2D eigenvalue weighted by Gasteiger charge is -2.16. The standard InChI is InChI=1S/C22H28N4O5S/c1-14-11-20(32(29,30)26(5)6)12-21(15(14)2)24-22(28)13-31-25-16(3)18-7-9-19(10-8-18)23-17(4)27/h7-12H,13H2,1-6H3,(H,23,27)(H,24,28)/b25-16+. The fourth-order valence-corrected chi connectivity index (χ4v) is 3.75. The van der Waals surface area contributed by atoms with Crippen LogP contribution < -0.4 is 10.6 Å². The fourth-order valence-electron chi connectivity index (χ4n) is 2.74. The first-order valence-corrected chi connectivity index (χ1v) is 11.2. The number of nitrogens with zero attached hydrogens (tertiary/aromatic N) is 2. The molecule has 2 aromatic carbocycles. The number of carbonyl (C=O) groups excluding carboxylic acids is 2. The van der Waals surface area contributed by atoms with Crippen LogP contribution in [0.15, 0.2) is 46.4 Å². The first-order chi connectivity index (χ1) is 14.9. The molecule has 0 aliphatic carbocycles. The zero-order valence-electron chi connectivity index (χ0n) is 19.0. The molecular weight excluding hydrogens is 432 g/mol. The molecule has 0 aliphatic rings. The number of benzene rings is 2. The molecule has 9 nitrogen and oxygen atoms in total. The maximum absolute atomic E-state index is 12.4. The second-order valence-electron chi connectivity index (χ2n) is 7.46. The lowest BCUT2D eigenvalue weighted by Crippen LogP contribution is -2.23. The van der Waals surface area contributed by atoms with Crippen molar-refractivity contribution in [3.63, 3.8) is 0 Å². The molecule has 0 radical (unpaired) electrons. The van der Waals surface area contributed by atoms with Crippen LogP contribution in [0.3, 0.4) is 0 Å². The van der Waals surface area contributed by atoms with Gasteiger partial charge in [-0.1, -0.05) is 17.3 Å². The second-order valence-corrected chi connectivity index (χ2v) is 9.61. The molecule has 2 N–H and O–H groups in total. The molecule has 2 aromatic rings. The van der Waals surface area contributed by atoms with Crippen LogP contribution in [0.4, 0.5) is 11.4 Å². The van der Waals surface area contributed by atoms with Gasteiger partial charge in [-0.2, -0.15) is 0 Å². The van der Waals surface area contributed by atoms with Crippen molar-refractivity contribution in [2.45, 2.75) is 32.6 Å². The van der Waals surface area contributed by atoms with E-state index in [0.29, 0.717) is 17.1 Å². The maximum atomic E-state index is 12.4. The van der Waals surface area contributed by atoms with Gasteiger partial charge in [0.25, 0.3) is 5.91 Å². The average molecular weight is 461 g/mol. The summed E-state index contributed by atoms with van der Waals surface area (Å²) in [6.45, 7) is 6.39. The summed E-state index contributed by atoms with van der Waals surface area (Å²) >= 11 is 0. The first kappa shape index (κ1) is 25.0. The van der Waals surface area contributed by atoms with E-state index in [0.717, 1.165) is 21.0 Å². The van der Waals surface area contributed by atoms with Gasteiger partial charge in [0, 0.05) is 32.4 Å². The Hall–Kier alpha value is -3.24. The molecule has 0 saturated heterocycles. The summed E-state index contributed by atoms with van der Waals surface area (Å²) in [5.41, 5.74) is 3.88. The van der Waals surface area contributed by atoms with E-state index in [9.17, 15) is 18.0 Å². The van der Waals surface area contributed by atoms with Gasteiger partial charge >= 0.3 is 0 Å². The molecule has 0 saturated carbocycles. The predicted octanol–water partition coefficient (Wildman–Crippen LogP) is 2.89. The van der Waals surface area contributed by atoms with Crippen molar-refractivity contribution in [2.24, 2.45) is 5.16 Å². The molecule has 0 fully saturated rings. The number of anilines is 2. The number of sulfonamides is 1. The molecule has 0 atom stereocenters. The Kier molecular flexibility index (Phi) is 8.12. The number of nitrogens with one attached hydrogen (secondary N) is 2. The lowest BCUT2D eigenvalue weighted by atomic mass is 10.1. The van der Waals surface area contributed by atoms with E-state index in [2.05, 4.69) is 15.8 Å². The normalized spacial score (nSPS) is 11.9. The molecule has 0 aromatic heterocycles. The molecule has 0 heterocycles. The molecule has 0 bridgehead atoms. The van der Waals surface area contributed by atoms with E-state index in [-0.39, 0.29) is 17.4 Å². The third kappa shape index (κ3) is 6.38. The zero-order valence-corrected chi connectivity index (χ0v) is 19.8. The molecule has 0 spiro atoms. The predicted molar refractivity (Wildman–Crippen MR) is 124 cm³/mol.